The predicted molar refractivity (Wildman–Crippen MR) is 88.6 cm³/mol. The molecule has 116 valence electrons. The van der Waals surface area contributed by atoms with Gasteiger partial charge >= 0.3 is 0 Å². The maximum Gasteiger partial charge on any atom is 0.277 e. The molecule has 0 unspecified atom stereocenters. The molecule has 0 aliphatic rings. The molecule has 1 N–H and O–H groups in total. The monoisotopic (exact) mass is 310 g/mol. The van der Waals surface area contributed by atoms with Gasteiger partial charge in [0.25, 0.3) is 11.2 Å². The van der Waals surface area contributed by atoms with Crippen LogP contribution in [0.3, 0.4) is 0 Å². The minimum atomic E-state index is -0.479. The zero-order chi connectivity index (χ0) is 16.6. The zero-order valence-electron chi connectivity index (χ0n) is 12.6. The van der Waals surface area contributed by atoms with E-state index in [0.29, 0.717) is 16.6 Å². The van der Waals surface area contributed by atoms with Gasteiger partial charge in [-0.05, 0) is 12.1 Å². The second kappa shape index (κ2) is 5.53. The number of hydrogen-bond acceptors (Lipinski definition) is 5. The van der Waals surface area contributed by atoms with E-state index >= 15 is 0 Å². The van der Waals surface area contributed by atoms with Crippen LogP contribution in [-0.4, -0.2) is 21.5 Å². The van der Waals surface area contributed by atoms with Crippen molar-refractivity contribution in [3.05, 3.63) is 62.9 Å². The number of nitrogens with zero attached hydrogens (tertiary/aromatic N) is 3. The Morgan fingerprint density at radius 3 is 2.65 bits per heavy atom. The SMILES string of the molecule is CNc1ccccc1-c1nc2cc([N+](=O)[O-])ccc2n(C)c1=O. The molecule has 0 spiro atoms. The van der Waals surface area contributed by atoms with Crippen LogP contribution < -0.4 is 10.9 Å². The second-order valence-electron chi connectivity index (χ2n) is 5.05. The molecule has 1 heterocycles. The van der Waals surface area contributed by atoms with Crippen LogP contribution in [0.15, 0.2) is 47.3 Å². The topological polar surface area (TPSA) is 90.1 Å². The normalized spacial score (nSPS) is 10.7. The molecule has 0 fully saturated rings. The molecular formula is C16H14N4O3. The number of nitro groups is 1. The van der Waals surface area contributed by atoms with E-state index in [1.54, 1.807) is 20.2 Å². The summed E-state index contributed by atoms with van der Waals surface area (Å²) in [7, 11) is 3.39. The quantitative estimate of drug-likeness (QED) is 0.593. The van der Waals surface area contributed by atoms with Gasteiger partial charge in [0.15, 0.2) is 0 Å². The van der Waals surface area contributed by atoms with Crippen LogP contribution >= 0.6 is 0 Å². The summed E-state index contributed by atoms with van der Waals surface area (Å²) in [5, 5.41) is 14.0. The number of fused-ring (bicyclic) bond motifs is 1. The number of nitrogens with one attached hydrogen (secondary N) is 1. The Bertz CT molecular complexity index is 979. The van der Waals surface area contributed by atoms with Crippen LogP contribution in [0.5, 0.6) is 0 Å². The molecule has 0 atom stereocenters. The molecular weight excluding hydrogens is 296 g/mol. The Morgan fingerprint density at radius 2 is 1.96 bits per heavy atom. The van der Waals surface area contributed by atoms with E-state index in [0.717, 1.165) is 5.69 Å². The minimum Gasteiger partial charge on any atom is -0.388 e. The molecule has 7 nitrogen and oxygen atoms in total. The fraction of sp³-hybridized carbons (Fsp3) is 0.125. The Kier molecular flexibility index (Phi) is 3.53. The summed E-state index contributed by atoms with van der Waals surface area (Å²) >= 11 is 0. The van der Waals surface area contributed by atoms with Crippen LogP contribution in [0.4, 0.5) is 11.4 Å². The van der Waals surface area contributed by atoms with Crippen LogP contribution in [0.25, 0.3) is 22.3 Å². The van der Waals surface area contributed by atoms with Crippen molar-refractivity contribution in [1.82, 2.24) is 9.55 Å². The van der Waals surface area contributed by atoms with Gasteiger partial charge in [0.05, 0.1) is 16.0 Å². The number of non-ortho nitro benzene ring substituents is 1. The zero-order valence-corrected chi connectivity index (χ0v) is 12.6. The van der Waals surface area contributed by atoms with E-state index in [1.165, 1.54) is 22.8 Å². The Balaban J connectivity index is 2.35. The summed E-state index contributed by atoms with van der Waals surface area (Å²) in [6.07, 6.45) is 0. The van der Waals surface area contributed by atoms with Gasteiger partial charge in [0, 0.05) is 37.5 Å². The number of anilines is 1. The first kappa shape index (κ1) is 14.7. The highest BCUT2D eigenvalue weighted by molar-refractivity contribution is 5.82. The Morgan fingerprint density at radius 1 is 1.22 bits per heavy atom. The maximum absolute atomic E-state index is 12.6. The molecule has 3 aromatic rings. The van der Waals surface area contributed by atoms with Crippen molar-refractivity contribution in [2.75, 3.05) is 12.4 Å². The molecule has 7 heteroatoms. The summed E-state index contributed by atoms with van der Waals surface area (Å²) in [6.45, 7) is 0. The first-order valence-corrected chi connectivity index (χ1v) is 6.95. The third-order valence-corrected chi connectivity index (χ3v) is 3.72. The first-order valence-electron chi connectivity index (χ1n) is 6.95. The minimum absolute atomic E-state index is 0.0588. The van der Waals surface area contributed by atoms with E-state index in [1.807, 2.05) is 18.2 Å². The predicted octanol–water partition coefficient (Wildman–Crippen LogP) is 2.55. The van der Waals surface area contributed by atoms with Crippen molar-refractivity contribution in [3.8, 4) is 11.3 Å². The fourth-order valence-electron chi connectivity index (χ4n) is 2.52. The van der Waals surface area contributed by atoms with Gasteiger partial charge < -0.3 is 9.88 Å². The summed E-state index contributed by atoms with van der Waals surface area (Å²) in [4.78, 5) is 27.5. The highest BCUT2D eigenvalue weighted by Gasteiger charge is 2.15. The number of para-hydroxylation sites is 1. The number of aromatic nitrogens is 2. The van der Waals surface area contributed by atoms with Crippen molar-refractivity contribution < 1.29 is 4.92 Å². The van der Waals surface area contributed by atoms with Gasteiger partial charge in [-0.15, -0.1) is 0 Å². The van der Waals surface area contributed by atoms with Gasteiger partial charge in [0.1, 0.15) is 5.69 Å². The number of benzene rings is 2. The van der Waals surface area contributed by atoms with Crippen LogP contribution in [0.1, 0.15) is 0 Å². The molecule has 0 aliphatic heterocycles. The van der Waals surface area contributed by atoms with Gasteiger partial charge in [-0.25, -0.2) is 4.98 Å². The third kappa shape index (κ3) is 2.42. The van der Waals surface area contributed by atoms with Crippen LogP contribution in [0, 0.1) is 10.1 Å². The molecule has 0 bridgehead atoms. The largest absolute Gasteiger partial charge is 0.388 e. The van der Waals surface area contributed by atoms with Crippen molar-refractivity contribution in [2.45, 2.75) is 0 Å². The molecule has 3 rings (SSSR count). The van der Waals surface area contributed by atoms with Crippen molar-refractivity contribution in [3.63, 3.8) is 0 Å². The van der Waals surface area contributed by atoms with Crippen molar-refractivity contribution in [2.24, 2.45) is 7.05 Å². The number of rotatable bonds is 3. The second-order valence-corrected chi connectivity index (χ2v) is 5.05. The average Bonchev–Trinajstić information content (AvgIpc) is 2.57. The summed E-state index contributed by atoms with van der Waals surface area (Å²) in [5.74, 6) is 0. The molecule has 0 amide bonds. The van der Waals surface area contributed by atoms with Gasteiger partial charge in [-0.2, -0.15) is 0 Å². The van der Waals surface area contributed by atoms with E-state index in [-0.39, 0.29) is 16.9 Å². The number of nitro benzene ring substituents is 1. The smallest absolute Gasteiger partial charge is 0.277 e. The highest BCUT2D eigenvalue weighted by atomic mass is 16.6. The lowest BCUT2D eigenvalue weighted by atomic mass is 10.1. The van der Waals surface area contributed by atoms with Crippen molar-refractivity contribution in [1.29, 1.82) is 0 Å². The summed E-state index contributed by atoms with van der Waals surface area (Å²) in [6, 6.07) is 11.6. The molecule has 0 aliphatic carbocycles. The molecule has 0 saturated heterocycles. The summed E-state index contributed by atoms with van der Waals surface area (Å²) in [5.41, 5.74) is 2.32. The highest BCUT2D eigenvalue weighted by Crippen LogP contribution is 2.26. The lowest BCUT2D eigenvalue weighted by Gasteiger charge is -2.11. The molecule has 23 heavy (non-hydrogen) atoms. The standard InChI is InChI=1S/C16H14N4O3/c1-17-12-6-4-3-5-11(12)15-16(21)19(2)14-8-7-10(20(22)23)9-13(14)18-15/h3-9,17H,1-2H3. The Labute approximate surface area is 131 Å². The number of aryl methyl sites for hydroxylation is 1. The van der Waals surface area contributed by atoms with Gasteiger partial charge in [-0.3, -0.25) is 14.9 Å². The fourth-order valence-corrected chi connectivity index (χ4v) is 2.52. The van der Waals surface area contributed by atoms with Crippen LogP contribution in [-0.2, 0) is 7.05 Å². The average molecular weight is 310 g/mol. The van der Waals surface area contributed by atoms with E-state index in [4.69, 9.17) is 0 Å². The lowest BCUT2D eigenvalue weighted by Crippen LogP contribution is -2.21. The van der Waals surface area contributed by atoms with Crippen LogP contribution in [0.2, 0.25) is 0 Å². The molecule has 1 aromatic heterocycles. The molecule has 0 radical (unpaired) electrons. The van der Waals surface area contributed by atoms with E-state index in [9.17, 15) is 14.9 Å². The Hall–Kier alpha value is -3.22. The first-order chi connectivity index (χ1) is 11.0. The molecule has 0 saturated carbocycles. The summed E-state index contributed by atoms with van der Waals surface area (Å²) < 4.78 is 1.45. The maximum atomic E-state index is 12.6. The van der Waals surface area contributed by atoms with Crippen molar-refractivity contribution >= 4 is 22.4 Å². The van der Waals surface area contributed by atoms with Gasteiger partial charge in [0.2, 0.25) is 0 Å². The molecule has 2 aromatic carbocycles. The lowest BCUT2D eigenvalue weighted by molar-refractivity contribution is -0.384. The third-order valence-electron chi connectivity index (χ3n) is 3.72. The van der Waals surface area contributed by atoms with E-state index in [2.05, 4.69) is 10.3 Å². The van der Waals surface area contributed by atoms with E-state index < -0.39 is 4.92 Å². The number of hydrogen-bond donors (Lipinski definition) is 1. The van der Waals surface area contributed by atoms with Gasteiger partial charge in [-0.1, -0.05) is 18.2 Å².